The van der Waals surface area contributed by atoms with Crippen molar-refractivity contribution in [2.24, 2.45) is 0 Å². The van der Waals surface area contributed by atoms with Crippen molar-refractivity contribution in [3.63, 3.8) is 0 Å². The summed E-state index contributed by atoms with van der Waals surface area (Å²) in [6.45, 7) is 8.61. The molecule has 0 bridgehead atoms. The number of hydrogen-bond donors (Lipinski definition) is 1. The molecule has 0 aromatic heterocycles. The first-order valence-electron chi connectivity index (χ1n) is 7.39. The molecular formula is C16H24N2O2. The molecule has 4 nitrogen and oxygen atoms in total. The topological polar surface area (TPSA) is 41.6 Å². The molecule has 1 atom stereocenters. The first kappa shape index (κ1) is 15.0. The molecule has 1 N–H and O–H groups in total. The van der Waals surface area contributed by atoms with Crippen molar-refractivity contribution in [3.05, 3.63) is 35.4 Å². The number of benzene rings is 1. The summed E-state index contributed by atoms with van der Waals surface area (Å²) in [5.74, 6) is 0.0114. The van der Waals surface area contributed by atoms with Crippen LogP contribution in [0.2, 0.25) is 0 Å². The van der Waals surface area contributed by atoms with Gasteiger partial charge in [-0.2, -0.15) is 0 Å². The van der Waals surface area contributed by atoms with Crippen molar-refractivity contribution in [1.29, 1.82) is 0 Å². The zero-order valence-corrected chi connectivity index (χ0v) is 12.4. The molecule has 1 aliphatic rings. The van der Waals surface area contributed by atoms with Gasteiger partial charge in [0.15, 0.2) is 0 Å². The zero-order valence-electron chi connectivity index (χ0n) is 12.4. The molecule has 1 aliphatic heterocycles. The largest absolute Gasteiger partial charge is 0.379 e. The van der Waals surface area contributed by atoms with Crippen LogP contribution in [0, 0.1) is 0 Å². The molecular weight excluding hydrogens is 252 g/mol. The number of hydrogen-bond acceptors (Lipinski definition) is 3. The van der Waals surface area contributed by atoms with Crippen LogP contribution in [0.5, 0.6) is 0 Å². The summed E-state index contributed by atoms with van der Waals surface area (Å²) >= 11 is 0. The number of carbonyl (C=O) groups excluding carboxylic acids is 1. The van der Waals surface area contributed by atoms with E-state index in [9.17, 15) is 4.79 Å². The maximum Gasteiger partial charge on any atom is 0.251 e. The van der Waals surface area contributed by atoms with E-state index in [2.05, 4.69) is 17.1 Å². The first-order valence-corrected chi connectivity index (χ1v) is 7.39. The fourth-order valence-electron chi connectivity index (χ4n) is 2.19. The predicted molar refractivity (Wildman–Crippen MR) is 79.8 cm³/mol. The third-order valence-corrected chi connectivity index (χ3v) is 3.72. The normalized spacial score (nSPS) is 17.7. The summed E-state index contributed by atoms with van der Waals surface area (Å²) in [6, 6.07) is 8.12. The van der Waals surface area contributed by atoms with Crippen LogP contribution in [0.25, 0.3) is 0 Å². The van der Waals surface area contributed by atoms with E-state index in [0.717, 1.165) is 44.8 Å². The number of nitrogens with one attached hydrogen (secondary N) is 1. The Labute approximate surface area is 121 Å². The Morgan fingerprint density at radius 1 is 1.30 bits per heavy atom. The van der Waals surface area contributed by atoms with E-state index in [4.69, 9.17) is 4.74 Å². The Hall–Kier alpha value is -1.39. The predicted octanol–water partition coefficient (Wildman–Crippen LogP) is 2.05. The van der Waals surface area contributed by atoms with Crippen molar-refractivity contribution in [3.8, 4) is 0 Å². The molecule has 0 spiro atoms. The van der Waals surface area contributed by atoms with Crippen LogP contribution in [-0.2, 0) is 11.3 Å². The van der Waals surface area contributed by atoms with Gasteiger partial charge >= 0.3 is 0 Å². The van der Waals surface area contributed by atoms with Crippen molar-refractivity contribution < 1.29 is 9.53 Å². The number of morpholine rings is 1. The Morgan fingerprint density at radius 3 is 2.55 bits per heavy atom. The molecule has 110 valence electrons. The van der Waals surface area contributed by atoms with E-state index in [1.807, 2.05) is 31.2 Å². The number of rotatable bonds is 5. The van der Waals surface area contributed by atoms with Crippen molar-refractivity contribution in [2.75, 3.05) is 26.3 Å². The highest BCUT2D eigenvalue weighted by atomic mass is 16.5. The van der Waals surface area contributed by atoms with Gasteiger partial charge in [-0.3, -0.25) is 9.69 Å². The smallest absolute Gasteiger partial charge is 0.251 e. The standard InChI is InChI=1S/C16H24N2O2/c1-3-13(2)17-16(19)15-6-4-14(5-7-15)12-18-8-10-20-11-9-18/h4-7,13H,3,8-12H2,1-2H3,(H,17,19)/t13-/m0/s1. The van der Waals surface area contributed by atoms with E-state index in [1.54, 1.807) is 0 Å². The van der Waals surface area contributed by atoms with Gasteiger partial charge in [-0.15, -0.1) is 0 Å². The Morgan fingerprint density at radius 2 is 1.95 bits per heavy atom. The quantitative estimate of drug-likeness (QED) is 0.895. The molecule has 0 unspecified atom stereocenters. The van der Waals surface area contributed by atoms with Crippen LogP contribution in [-0.4, -0.2) is 43.2 Å². The molecule has 2 rings (SSSR count). The fraction of sp³-hybridized carbons (Fsp3) is 0.562. The fourth-order valence-corrected chi connectivity index (χ4v) is 2.19. The van der Waals surface area contributed by atoms with Gasteiger partial charge in [-0.05, 0) is 31.0 Å². The molecule has 1 fully saturated rings. The maximum atomic E-state index is 12.0. The Bertz CT molecular complexity index is 425. The van der Waals surface area contributed by atoms with Gasteiger partial charge in [0.1, 0.15) is 0 Å². The average molecular weight is 276 g/mol. The second-order valence-electron chi connectivity index (χ2n) is 5.37. The van der Waals surface area contributed by atoms with Crippen LogP contribution >= 0.6 is 0 Å². The van der Waals surface area contributed by atoms with Crippen LogP contribution in [0.15, 0.2) is 24.3 Å². The summed E-state index contributed by atoms with van der Waals surface area (Å²) in [5.41, 5.74) is 1.98. The molecule has 1 heterocycles. The number of amides is 1. The van der Waals surface area contributed by atoms with Crippen molar-refractivity contribution >= 4 is 5.91 Å². The van der Waals surface area contributed by atoms with Crippen molar-refractivity contribution in [1.82, 2.24) is 10.2 Å². The number of carbonyl (C=O) groups is 1. The number of ether oxygens (including phenoxy) is 1. The summed E-state index contributed by atoms with van der Waals surface area (Å²) in [4.78, 5) is 14.3. The highest BCUT2D eigenvalue weighted by Crippen LogP contribution is 2.09. The van der Waals surface area contributed by atoms with Gasteiger partial charge in [-0.1, -0.05) is 19.1 Å². The van der Waals surface area contributed by atoms with E-state index >= 15 is 0 Å². The average Bonchev–Trinajstić information content (AvgIpc) is 2.49. The summed E-state index contributed by atoms with van der Waals surface area (Å²) in [5, 5.41) is 2.98. The molecule has 1 amide bonds. The van der Waals surface area contributed by atoms with Crippen LogP contribution in [0.3, 0.4) is 0 Å². The lowest BCUT2D eigenvalue weighted by Gasteiger charge is -2.26. The highest BCUT2D eigenvalue weighted by molar-refractivity contribution is 5.94. The number of nitrogens with zero attached hydrogens (tertiary/aromatic N) is 1. The van der Waals surface area contributed by atoms with Crippen LogP contribution in [0.1, 0.15) is 36.2 Å². The zero-order chi connectivity index (χ0) is 14.4. The summed E-state index contributed by atoms with van der Waals surface area (Å²) < 4.78 is 5.34. The SMILES string of the molecule is CC[C@H](C)NC(=O)c1ccc(CN2CCOCC2)cc1. The van der Waals surface area contributed by atoms with Gasteiger partial charge in [0.2, 0.25) is 0 Å². The molecule has 20 heavy (non-hydrogen) atoms. The van der Waals surface area contributed by atoms with E-state index in [1.165, 1.54) is 5.56 Å². The summed E-state index contributed by atoms with van der Waals surface area (Å²) in [7, 11) is 0. The van der Waals surface area contributed by atoms with Gasteiger partial charge in [0, 0.05) is 31.2 Å². The molecule has 0 aliphatic carbocycles. The molecule has 0 saturated carbocycles. The monoisotopic (exact) mass is 276 g/mol. The third-order valence-electron chi connectivity index (χ3n) is 3.72. The third kappa shape index (κ3) is 4.32. The second-order valence-corrected chi connectivity index (χ2v) is 5.37. The molecule has 0 radical (unpaired) electrons. The van der Waals surface area contributed by atoms with Gasteiger partial charge in [0.25, 0.3) is 5.91 Å². The van der Waals surface area contributed by atoms with Gasteiger partial charge < -0.3 is 10.1 Å². The van der Waals surface area contributed by atoms with E-state index < -0.39 is 0 Å². The Kier molecular flexibility index (Phi) is 5.56. The minimum Gasteiger partial charge on any atom is -0.379 e. The van der Waals surface area contributed by atoms with Crippen molar-refractivity contribution in [2.45, 2.75) is 32.9 Å². The highest BCUT2D eigenvalue weighted by Gasteiger charge is 2.12. The lowest BCUT2D eigenvalue weighted by molar-refractivity contribution is 0.0342. The van der Waals surface area contributed by atoms with E-state index in [0.29, 0.717) is 0 Å². The van der Waals surface area contributed by atoms with Crippen LogP contribution < -0.4 is 5.32 Å². The summed E-state index contributed by atoms with van der Waals surface area (Å²) in [6.07, 6.45) is 0.945. The van der Waals surface area contributed by atoms with Crippen LogP contribution in [0.4, 0.5) is 0 Å². The molecule has 4 heteroatoms. The van der Waals surface area contributed by atoms with E-state index in [-0.39, 0.29) is 11.9 Å². The first-order chi connectivity index (χ1) is 9.69. The molecule has 1 saturated heterocycles. The maximum absolute atomic E-state index is 12.0. The second kappa shape index (κ2) is 7.41. The molecule has 1 aromatic carbocycles. The lowest BCUT2D eigenvalue weighted by atomic mass is 10.1. The minimum absolute atomic E-state index is 0.0114. The Balaban J connectivity index is 1.90. The molecule has 1 aromatic rings. The van der Waals surface area contributed by atoms with Gasteiger partial charge in [-0.25, -0.2) is 0 Å². The van der Waals surface area contributed by atoms with Gasteiger partial charge in [0.05, 0.1) is 13.2 Å². The minimum atomic E-state index is 0.0114. The lowest BCUT2D eigenvalue weighted by Crippen LogP contribution is -2.35.